The van der Waals surface area contributed by atoms with Crippen molar-refractivity contribution >= 4 is 5.97 Å². The van der Waals surface area contributed by atoms with Gasteiger partial charge in [0.15, 0.2) is 0 Å². The largest absolute Gasteiger partial charge is 0.462 e. The van der Waals surface area contributed by atoms with Gasteiger partial charge in [0.05, 0.1) is 0 Å². The SMILES string of the molecule is CC(CCN)CCC(=O)OC1CCC1. The molecule has 0 aromatic carbocycles. The van der Waals surface area contributed by atoms with Crippen LogP contribution in [0.4, 0.5) is 0 Å². The second-order valence-corrected chi connectivity index (χ2v) is 4.26. The lowest BCUT2D eigenvalue weighted by molar-refractivity contribution is -0.153. The van der Waals surface area contributed by atoms with Crippen LogP contribution < -0.4 is 5.73 Å². The quantitative estimate of drug-likeness (QED) is 0.664. The topological polar surface area (TPSA) is 52.3 Å². The third kappa shape index (κ3) is 4.09. The van der Waals surface area contributed by atoms with E-state index in [-0.39, 0.29) is 12.1 Å². The van der Waals surface area contributed by atoms with Gasteiger partial charge in [-0.25, -0.2) is 0 Å². The van der Waals surface area contributed by atoms with Gasteiger partial charge >= 0.3 is 5.97 Å². The number of hydrogen-bond donors (Lipinski definition) is 1. The van der Waals surface area contributed by atoms with E-state index in [4.69, 9.17) is 10.5 Å². The van der Waals surface area contributed by atoms with Gasteiger partial charge in [-0.05, 0) is 44.6 Å². The lowest BCUT2D eigenvalue weighted by Gasteiger charge is -2.25. The molecular weight excluding hydrogens is 178 g/mol. The summed E-state index contributed by atoms with van der Waals surface area (Å²) in [4.78, 5) is 11.3. The van der Waals surface area contributed by atoms with Crippen LogP contribution in [0.15, 0.2) is 0 Å². The molecule has 3 nitrogen and oxygen atoms in total. The number of esters is 1. The first-order valence-electron chi connectivity index (χ1n) is 5.62. The number of rotatable bonds is 6. The van der Waals surface area contributed by atoms with Gasteiger partial charge in [-0.2, -0.15) is 0 Å². The molecule has 0 aromatic rings. The molecule has 0 bridgehead atoms. The van der Waals surface area contributed by atoms with E-state index < -0.39 is 0 Å². The fraction of sp³-hybridized carbons (Fsp3) is 0.909. The highest BCUT2D eigenvalue weighted by atomic mass is 16.5. The van der Waals surface area contributed by atoms with E-state index in [0.717, 1.165) is 25.7 Å². The van der Waals surface area contributed by atoms with Gasteiger partial charge < -0.3 is 10.5 Å². The average molecular weight is 199 g/mol. The molecule has 0 aromatic heterocycles. The molecule has 1 saturated carbocycles. The van der Waals surface area contributed by atoms with Crippen LogP contribution in [0.2, 0.25) is 0 Å². The highest BCUT2D eigenvalue weighted by Gasteiger charge is 2.21. The lowest BCUT2D eigenvalue weighted by atomic mass is 9.96. The first-order chi connectivity index (χ1) is 6.72. The second-order valence-electron chi connectivity index (χ2n) is 4.26. The number of carbonyl (C=O) groups is 1. The molecule has 0 heterocycles. The Hall–Kier alpha value is -0.570. The first kappa shape index (κ1) is 11.5. The maximum atomic E-state index is 11.3. The molecule has 0 amide bonds. The van der Waals surface area contributed by atoms with Gasteiger partial charge in [-0.1, -0.05) is 6.92 Å². The van der Waals surface area contributed by atoms with Crippen molar-refractivity contribution in [3.8, 4) is 0 Å². The number of carbonyl (C=O) groups excluding carboxylic acids is 1. The molecule has 1 aliphatic rings. The standard InChI is InChI=1S/C11H21NO2/c1-9(7-8-12)5-6-11(13)14-10-3-2-4-10/h9-10H,2-8,12H2,1H3. The van der Waals surface area contributed by atoms with Gasteiger partial charge in [0, 0.05) is 6.42 Å². The van der Waals surface area contributed by atoms with Crippen molar-refractivity contribution in [1.29, 1.82) is 0 Å². The van der Waals surface area contributed by atoms with Crippen LogP contribution in [0.3, 0.4) is 0 Å². The fourth-order valence-electron chi connectivity index (χ4n) is 1.53. The molecule has 1 atom stereocenters. The Balaban J connectivity index is 2.01. The smallest absolute Gasteiger partial charge is 0.306 e. The summed E-state index contributed by atoms with van der Waals surface area (Å²) in [7, 11) is 0. The second kappa shape index (κ2) is 6.02. The summed E-state index contributed by atoms with van der Waals surface area (Å²) in [6.45, 7) is 2.84. The van der Waals surface area contributed by atoms with Crippen LogP contribution in [0.25, 0.3) is 0 Å². The Labute approximate surface area is 86.0 Å². The van der Waals surface area contributed by atoms with E-state index in [1.165, 1.54) is 6.42 Å². The zero-order valence-corrected chi connectivity index (χ0v) is 9.00. The molecular formula is C11H21NO2. The maximum Gasteiger partial charge on any atom is 0.306 e. The number of nitrogens with two attached hydrogens (primary N) is 1. The number of ether oxygens (including phenoxy) is 1. The third-order valence-electron chi connectivity index (χ3n) is 2.85. The van der Waals surface area contributed by atoms with Gasteiger partial charge in [0.25, 0.3) is 0 Å². The summed E-state index contributed by atoms with van der Waals surface area (Å²) >= 11 is 0. The minimum absolute atomic E-state index is 0.0291. The maximum absolute atomic E-state index is 11.3. The summed E-state index contributed by atoms with van der Waals surface area (Å²) in [5, 5.41) is 0. The molecule has 1 fully saturated rings. The first-order valence-corrected chi connectivity index (χ1v) is 5.62. The molecule has 0 aliphatic heterocycles. The van der Waals surface area contributed by atoms with Gasteiger partial charge in [-0.3, -0.25) is 4.79 Å². The van der Waals surface area contributed by atoms with Crippen molar-refractivity contribution < 1.29 is 9.53 Å². The molecule has 0 spiro atoms. The Morgan fingerprint density at radius 3 is 2.71 bits per heavy atom. The van der Waals surface area contributed by atoms with Crippen LogP contribution in [0, 0.1) is 5.92 Å². The van der Waals surface area contributed by atoms with E-state index in [0.29, 0.717) is 18.9 Å². The average Bonchev–Trinajstić information content (AvgIpc) is 2.09. The Morgan fingerprint density at radius 1 is 1.50 bits per heavy atom. The van der Waals surface area contributed by atoms with Crippen LogP contribution in [-0.4, -0.2) is 18.6 Å². The van der Waals surface area contributed by atoms with Crippen LogP contribution in [0.5, 0.6) is 0 Å². The number of hydrogen-bond acceptors (Lipinski definition) is 3. The van der Waals surface area contributed by atoms with Crippen molar-refractivity contribution in [3.63, 3.8) is 0 Å². The highest BCUT2D eigenvalue weighted by Crippen LogP contribution is 2.22. The Kier molecular flexibility index (Phi) is 4.94. The Bertz CT molecular complexity index is 178. The zero-order valence-electron chi connectivity index (χ0n) is 9.00. The summed E-state index contributed by atoms with van der Waals surface area (Å²) in [6.07, 6.45) is 6.01. The summed E-state index contributed by atoms with van der Waals surface area (Å²) in [5.41, 5.74) is 5.43. The summed E-state index contributed by atoms with van der Waals surface area (Å²) < 4.78 is 5.24. The fourth-order valence-corrected chi connectivity index (χ4v) is 1.53. The molecule has 1 aliphatic carbocycles. The van der Waals surface area contributed by atoms with Crippen molar-refractivity contribution in [2.24, 2.45) is 11.7 Å². The predicted molar refractivity (Wildman–Crippen MR) is 55.8 cm³/mol. The molecule has 0 radical (unpaired) electrons. The summed E-state index contributed by atoms with van der Waals surface area (Å²) in [6, 6.07) is 0. The Morgan fingerprint density at radius 2 is 2.21 bits per heavy atom. The highest BCUT2D eigenvalue weighted by molar-refractivity contribution is 5.69. The molecule has 14 heavy (non-hydrogen) atoms. The lowest BCUT2D eigenvalue weighted by Crippen LogP contribution is -2.25. The third-order valence-corrected chi connectivity index (χ3v) is 2.85. The van der Waals surface area contributed by atoms with E-state index in [9.17, 15) is 4.79 Å². The monoisotopic (exact) mass is 199 g/mol. The van der Waals surface area contributed by atoms with Crippen molar-refractivity contribution in [2.75, 3.05) is 6.54 Å². The molecule has 1 unspecified atom stereocenters. The minimum atomic E-state index is -0.0291. The molecule has 0 saturated heterocycles. The molecule has 2 N–H and O–H groups in total. The molecule has 3 heteroatoms. The molecule has 1 rings (SSSR count). The van der Waals surface area contributed by atoms with Gasteiger partial charge in [0.1, 0.15) is 6.10 Å². The van der Waals surface area contributed by atoms with E-state index in [1.54, 1.807) is 0 Å². The van der Waals surface area contributed by atoms with Crippen molar-refractivity contribution in [3.05, 3.63) is 0 Å². The van der Waals surface area contributed by atoms with Crippen LogP contribution in [0.1, 0.15) is 45.4 Å². The van der Waals surface area contributed by atoms with Gasteiger partial charge in [0.2, 0.25) is 0 Å². The van der Waals surface area contributed by atoms with E-state index in [2.05, 4.69) is 6.92 Å². The van der Waals surface area contributed by atoms with Gasteiger partial charge in [-0.15, -0.1) is 0 Å². The zero-order chi connectivity index (χ0) is 10.4. The minimum Gasteiger partial charge on any atom is -0.462 e. The van der Waals surface area contributed by atoms with Crippen molar-refractivity contribution in [2.45, 2.75) is 51.6 Å². The van der Waals surface area contributed by atoms with E-state index in [1.807, 2.05) is 0 Å². The van der Waals surface area contributed by atoms with Crippen molar-refractivity contribution in [1.82, 2.24) is 0 Å². The van der Waals surface area contributed by atoms with Crippen LogP contribution >= 0.6 is 0 Å². The summed E-state index contributed by atoms with van der Waals surface area (Å²) in [5.74, 6) is 0.507. The molecule has 82 valence electrons. The van der Waals surface area contributed by atoms with Crippen LogP contribution in [-0.2, 0) is 9.53 Å². The van der Waals surface area contributed by atoms with E-state index >= 15 is 0 Å². The predicted octanol–water partition coefficient (Wildman–Crippen LogP) is 1.85. The normalized spacial score (nSPS) is 18.7.